The Balaban J connectivity index is 2.63. The van der Waals surface area contributed by atoms with E-state index in [0.717, 1.165) is 17.5 Å². The number of hydrogen-bond acceptors (Lipinski definition) is 3. The largest absolute Gasteiger partial charge is 0.380 e. The molecule has 0 atom stereocenters. The summed E-state index contributed by atoms with van der Waals surface area (Å²) in [5, 5.41) is 0. The van der Waals surface area contributed by atoms with Crippen LogP contribution in [-0.4, -0.2) is 43.7 Å². The first-order chi connectivity index (χ1) is 9.22. The number of nitrogens with two attached hydrogens (primary N) is 1. The number of carbonyl (C=O) groups excluding carboxylic acids is 1. The SMILES string of the molecule is CCOCCN(CC)C(=O)c1ccc(CCN)cc1. The van der Waals surface area contributed by atoms with Gasteiger partial charge in [-0.05, 0) is 44.5 Å². The standard InChI is InChI=1S/C15H24N2O2/c1-3-17(11-12-19-4-2)15(18)14-7-5-13(6-8-14)9-10-16/h5-8H,3-4,9-12,16H2,1-2H3. The smallest absolute Gasteiger partial charge is 0.253 e. The van der Waals surface area contributed by atoms with Gasteiger partial charge in [0.25, 0.3) is 5.91 Å². The molecule has 19 heavy (non-hydrogen) atoms. The molecule has 0 radical (unpaired) electrons. The molecule has 0 spiro atoms. The third-order valence-electron chi connectivity index (χ3n) is 3.01. The molecule has 0 saturated carbocycles. The van der Waals surface area contributed by atoms with Crippen LogP contribution in [0.3, 0.4) is 0 Å². The second kappa shape index (κ2) is 8.67. The number of amides is 1. The second-order valence-electron chi connectivity index (χ2n) is 4.32. The van der Waals surface area contributed by atoms with Crippen LogP contribution in [0.2, 0.25) is 0 Å². The minimum atomic E-state index is 0.0569. The van der Waals surface area contributed by atoms with Crippen LogP contribution in [0.4, 0.5) is 0 Å². The predicted octanol–water partition coefficient (Wildman–Crippen LogP) is 1.69. The summed E-state index contributed by atoms with van der Waals surface area (Å²) in [6, 6.07) is 7.68. The molecule has 1 aromatic carbocycles. The monoisotopic (exact) mass is 264 g/mol. The van der Waals surface area contributed by atoms with Crippen LogP contribution < -0.4 is 5.73 Å². The fourth-order valence-electron chi connectivity index (χ4n) is 1.89. The number of benzene rings is 1. The number of nitrogens with zero attached hydrogens (tertiary/aromatic N) is 1. The van der Waals surface area contributed by atoms with E-state index >= 15 is 0 Å². The number of hydrogen-bond donors (Lipinski definition) is 1. The van der Waals surface area contributed by atoms with Gasteiger partial charge in [-0.15, -0.1) is 0 Å². The van der Waals surface area contributed by atoms with Gasteiger partial charge in [-0.25, -0.2) is 0 Å². The van der Waals surface area contributed by atoms with Crippen LogP contribution in [0.5, 0.6) is 0 Å². The molecule has 2 N–H and O–H groups in total. The van der Waals surface area contributed by atoms with Gasteiger partial charge < -0.3 is 15.4 Å². The van der Waals surface area contributed by atoms with E-state index in [1.54, 1.807) is 4.90 Å². The van der Waals surface area contributed by atoms with Crippen LogP contribution in [0, 0.1) is 0 Å². The molecule has 0 aliphatic rings. The van der Waals surface area contributed by atoms with Crippen molar-refractivity contribution < 1.29 is 9.53 Å². The molecule has 1 aromatic rings. The summed E-state index contributed by atoms with van der Waals surface area (Å²) in [5.74, 6) is 0.0569. The van der Waals surface area contributed by atoms with E-state index in [1.807, 2.05) is 38.1 Å². The Morgan fingerprint density at radius 3 is 2.47 bits per heavy atom. The molecule has 106 valence electrons. The summed E-state index contributed by atoms with van der Waals surface area (Å²) < 4.78 is 5.30. The molecule has 0 bridgehead atoms. The third kappa shape index (κ3) is 5.01. The molecule has 0 heterocycles. The maximum atomic E-state index is 12.3. The molecule has 1 rings (SSSR count). The van der Waals surface area contributed by atoms with Gasteiger partial charge in [-0.3, -0.25) is 4.79 Å². The van der Waals surface area contributed by atoms with Gasteiger partial charge in [0, 0.05) is 25.3 Å². The van der Waals surface area contributed by atoms with Crippen molar-refractivity contribution in [3.8, 4) is 0 Å². The number of rotatable bonds is 8. The molecule has 4 nitrogen and oxygen atoms in total. The Kier molecular flexibility index (Phi) is 7.15. The summed E-state index contributed by atoms with van der Waals surface area (Å²) in [5.41, 5.74) is 7.39. The highest BCUT2D eigenvalue weighted by Gasteiger charge is 2.13. The van der Waals surface area contributed by atoms with Crippen molar-refractivity contribution in [3.05, 3.63) is 35.4 Å². The lowest BCUT2D eigenvalue weighted by atomic mass is 10.1. The highest BCUT2D eigenvalue weighted by molar-refractivity contribution is 5.94. The van der Waals surface area contributed by atoms with E-state index in [0.29, 0.717) is 32.8 Å². The molecule has 0 unspecified atom stereocenters. The molecule has 0 fully saturated rings. The zero-order chi connectivity index (χ0) is 14.1. The Hall–Kier alpha value is -1.39. The lowest BCUT2D eigenvalue weighted by Crippen LogP contribution is -2.33. The Labute approximate surface area is 115 Å². The van der Waals surface area contributed by atoms with Crippen molar-refractivity contribution in [2.24, 2.45) is 5.73 Å². The van der Waals surface area contributed by atoms with Crippen molar-refractivity contribution in [3.63, 3.8) is 0 Å². The fraction of sp³-hybridized carbons (Fsp3) is 0.533. The van der Waals surface area contributed by atoms with Gasteiger partial charge in [0.1, 0.15) is 0 Å². The molecule has 0 aliphatic heterocycles. The second-order valence-corrected chi connectivity index (χ2v) is 4.32. The maximum Gasteiger partial charge on any atom is 0.253 e. The van der Waals surface area contributed by atoms with Crippen LogP contribution in [0.25, 0.3) is 0 Å². The summed E-state index contributed by atoms with van der Waals surface area (Å²) in [6.45, 7) is 7.15. The Bertz CT molecular complexity index is 376. The lowest BCUT2D eigenvalue weighted by molar-refractivity contribution is 0.0669. The van der Waals surface area contributed by atoms with E-state index in [4.69, 9.17) is 10.5 Å². The van der Waals surface area contributed by atoms with Crippen molar-refractivity contribution in [1.29, 1.82) is 0 Å². The van der Waals surface area contributed by atoms with Crippen molar-refractivity contribution in [2.45, 2.75) is 20.3 Å². The van der Waals surface area contributed by atoms with Crippen LogP contribution >= 0.6 is 0 Å². The highest BCUT2D eigenvalue weighted by Crippen LogP contribution is 2.08. The van der Waals surface area contributed by atoms with E-state index in [2.05, 4.69) is 0 Å². The number of carbonyl (C=O) groups is 1. The summed E-state index contributed by atoms with van der Waals surface area (Å²) in [4.78, 5) is 14.1. The zero-order valence-corrected chi connectivity index (χ0v) is 11.9. The molecule has 4 heteroatoms. The fourth-order valence-corrected chi connectivity index (χ4v) is 1.89. The minimum absolute atomic E-state index is 0.0569. The first kappa shape index (κ1) is 15.7. The van der Waals surface area contributed by atoms with Crippen LogP contribution in [-0.2, 0) is 11.2 Å². The van der Waals surface area contributed by atoms with E-state index in [9.17, 15) is 4.79 Å². The Morgan fingerprint density at radius 2 is 1.95 bits per heavy atom. The van der Waals surface area contributed by atoms with Gasteiger partial charge in [-0.2, -0.15) is 0 Å². The zero-order valence-electron chi connectivity index (χ0n) is 11.9. The van der Waals surface area contributed by atoms with E-state index in [-0.39, 0.29) is 5.91 Å². The summed E-state index contributed by atoms with van der Waals surface area (Å²) in [6.07, 6.45) is 0.844. The molecule has 0 aliphatic carbocycles. The van der Waals surface area contributed by atoms with Crippen molar-refractivity contribution in [2.75, 3.05) is 32.8 Å². The van der Waals surface area contributed by atoms with E-state index in [1.165, 1.54) is 0 Å². The quantitative estimate of drug-likeness (QED) is 0.727. The normalized spacial score (nSPS) is 10.5. The average Bonchev–Trinajstić information content (AvgIpc) is 2.44. The van der Waals surface area contributed by atoms with Gasteiger partial charge in [-0.1, -0.05) is 12.1 Å². The van der Waals surface area contributed by atoms with E-state index < -0.39 is 0 Å². The minimum Gasteiger partial charge on any atom is -0.380 e. The van der Waals surface area contributed by atoms with Crippen LogP contribution in [0.1, 0.15) is 29.8 Å². The lowest BCUT2D eigenvalue weighted by Gasteiger charge is -2.20. The van der Waals surface area contributed by atoms with Crippen molar-refractivity contribution >= 4 is 5.91 Å². The maximum absolute atomic E-state index is 12.3. The molecule has 1 amide bonds. The van der Waals surface area contributed by atoms with Gasteiger partial charge in [0.2, 0.25) is 0 Å². The predicted molar refractivity (Wildman–Crippen MR) is 77.3 cm³/mol. The van der Waals surface area contributed by atoms with Gasteiger partial charge in [0.05, 0.1) is 6.61 Å². The highest BCUT2D eigenvalue weighted by atomic mass is 16.5. The number of ether oxygens (including phenoxy) is 1. The first-order valence-electron chi connectivity index (χ1n) is 6.88. The average molecular weight is 264 g/mol. The Morgan fingerprint density at radius 1 is 1.26 bits per heavy atom. The van der Waals surface area contributed by atoms with Gasteiger partial charge >= 0.3 is 0 Å². The molecule has 0 saturated heterocycles. The number of likely N-dealkylation sites (N-methyl/N-ethyl adjacent to an activating group) is 1. The topological polar surface area (TPSA) is 55.6 Å². The third-order valence-corrected chi connectivity index (χ3v) is 3.01. The molecular weight excluding hydrogens is 240 g/mol. The molecule has 0 aromatic heterocycles. The first-order valence-corrected chi connectivity index (χ1v) is 6.88. The molecular formula is C15H24N2O2. The van der Waals surface area contributed by atoms with Crippen molar-refractivity contribution in [1.82, 2.24) is 4.90 Å². The summed E-state index contributed by atoms with van der Waals surface area (Å²) >= 11 is 0. The van der Waals surface area contributed by atoms with Crippen LogP contribution in [0.15, 0.2) is 24.3 Å². The van der Waals surface area contributed by atoms with Gasteiger partial charge in [0.15, 0.2) is 0 Å². The summed E-state index contributed by atoms with van der Waals surface area (Å²) in [7, 11) is 0.